The molecule has 0 unspecified atom stereocenters. The summed E-state index contributed by atoms with van der Waals surface area (Å²) in [7, 11) is 1.98. The molecule has 6 heteroatoms. The molecule has 2 nitrogen and oxygen atoms in total. The van der Waals surface area contributed by atoms with Gasteiger partial charge in [-0.1, -0.05) is 35.4 Å². The lowest BCUT2D eigenvalue weighted by molar-refractivity contribution is 0.939. The molecule has 0 spiro atoms. The highest BCUT2D eigenvalue weighted by Crippen LogP contribution is 2.27. The molecule has 0 aliphatic carbocycles. The molecule has 0 fully saturated rings. The van der Waals surface area contributed by atoms with Gasteiger partial charge in [0.2, 0.25) is 0 Å². The maximum absolute atomic E-state index is 5.98. The van der Waals surface area contributed by atoms with Crippen LogP contribution in [0.3, 0.4) is 0 Å². The molecule has 0 atom stereocenters. The smallest absolute Gasteiger partial charge is 0.106 e. The SMILES string of the molecule is CN(Cc1ccc(Cl)s1)c1ccc(Cl)cc1C(N)=S. The van der Waals surface area contributed by atoms with Crippen molar-refractivity contribution in [2.75, 3.05) is 11.9 Å². The fraction of sp³-hybridized carbons (Fsp3) is 0.154. The van der Waals surface area contributed by atoms with Crippen LogP contribution in [0.5, 0.6) is 0 Å². The van der Waals surface area contributed by atoms with Crippen LogP contribution in [0.25, 0.3) is 0 Å². The van der Waals surface area contributed by atoms with Crippen molar-refractivity contribution < 1.29 is 0 Å². The Bertz CT molecular complexity index is 610. The summed E-state index contributed by atoms with van der Waals surface area (Å²) in [4.78, 5) is 3.59. The van der Waals surface area contributed by atoms with Crippen LogP contribution in [0.2, 0.25) is 9.36 Å². The molecule has 0 aliphatic rings. The van der Waals surface area contributed by atoms with E-state index in [4.69, 9.17) is 41.2 Å². The minimum absolute atomic E-state index is 0.341. The van der Waals surface area contributed by atoms with Gasteiger partial charge in [-0.2, -0.15) is 0 Å². The molecule has 19 heavy (non-hydrogen) atoms. The topological polar surface area (TPSA) is 29.3 Å². The quantitative estimate of drug-likeness (QED) is 0.846. The molecule has 0 saturated carbocycles. The van der Waals surface area contributed by atoms with Crippen molar-refractivity contribution in [1.82, 2.24) is 0 Å². The number of thiophene rings is 1. The van der Waals surface area contributed by atoms with Crippen LogP contribution in [0, 0.1) is 0 Å². The second kappa shape index (κ2) is 6.09. The lowest BCUT2D eigenvalue weighted by Crippen LogP contribution is -2.21. The Balaban J connectivity index is 2.28. The van der Waals surface area contributed by atoms with Gasteiger partial charge >= 0.3 is 0 Å². The molecule has 1 aromatic carbocycles. The Kier molecular flexibility index (Phi) is 4.68. The van der Waals surface area contributed by atoms with Crippen LogP contribution in [-0.2, 0) is 6.54 Å². The van der Waals surface area contributed by atoms with Gasteiger partial charge in [-0.25, -0.2) is 0 Å². The van der Waals surface area contributed by atoms with Crippen LogP contribution in [0.1, 0.15) is 10.4 Å². The first-order chi connectivity index (χ1) is 8.97. The van der Waals surface area contributed by atoms with E-state index in [1.807, 2.05) is 31.3 Å². The standard InChI is InChI=1S/C13H12Cl2N2S2/c1-17(7-9-3-5-12(15)19-9)11-4-2-8(14)6-10(11)13(16)18/h2-6H,7H2,1H3,(H2,16,18). The van der Waals surface area contributed by atoms with Gasteiger partial charge in [-0.05, 0) is 30.3 Å². The minimum Gasteiger partial charge on any atom is -0.389 e. The molecule has 0 saturated heterocycles. The average Bonchev–Trinajstić information content (AvgIpc) is 2.74. The Morgan fingerprint density at radius 3 is 2.63 bits per heavy atom. The first-order valence-corrected chi connectivity index (χ1v) is 7.50. The van der Waals surface area contributed by atoms with E-state index in [2.05, 4.69) is 4.90 Å². The fourth-order valence-electron chi connectivity index (χ4n) is 1.79. The van der Waals surface area contributed by atoms with E-state index in [1.165, 1.54) is 4.88 Å². The van der Waals surface area contributed by atoms with Gasteiger partial charge in [0, 0.05) is 28.2 Å². The number of nitrogens with two attached hydrogens (primary N) is 1. The van der Waals surface area contributed by atoms with Crippen LogP contribution < -0.4 is 10.6 Å². The highest BCUT2D eigenvalue weighted by molar-refractivity contribution is 7.80. The molecule has 2 N–H and O–H groups in total. The van der Waals surface area contributed by atoms with Gasteiger partial charge in [-0.3, -0.25) is 0 Å². The number of nitrogens with zero attached hydrogens (tertiary/aromatic N) is 1. The number of halogens is 2. The van der Waals surface area contributed by atoms with Crippen molar-refractivity contribution in [2.45, 2.75) is 6.54 Å². The molecule has 1 heterocycles. The first-order valence-electron chi connectivity index (χ1n) is 5.52. The maximum atomic E-state index is 5.98. The highest BCUT2D eigenvalue weighted by Gasteiger charge is 2.11. The summed E-state index contributed by atoms with van der Waals surface area (Å²) < 4.78 is 0.786. The third-order valence-electron chi connectivity index (χ3n) is 2.66. The normalized spacial score (nSPS) is 10.5. The molecular weight excluding hydrogens is 319 g/mol. The zero-order valence-electron chi connectivity index (χ0n) is 10.2. The summed E-state index contributed by atoms with van der Waals surface area (Å²) in [6.07, 6.45) is 0. The first kappa shape index (κ1) is 14.6. The third kappa shape index (κ3) is 3.60. The second-order valence-electron chi connectivity index (χ2n) is 4.09. The lowest BCUT2D eigenvalue weighted by atomic mass is 10.1. The summed E-state index contributed by atoms with van der Waals surface area (Å²) >= 11 is 18.5. The van der Waals surface area contributed by atoms with E-state index in [1.54, 1.807) is 17.4 Å². The Labute approximate surface area is 131 Å². The minimum atomic E-state index is 0.341. The molecule has 2 aromatic rings. The van der Waals surface area contributed by atoms with E-state index in [0.29, 0.717) is 10.0 Å². The van der Waals surface area contributed by atoms with Gasteiger partial charge in [0.25, 0.3) is 0 Å². The molecule has 0 amide bonds. The number of hydrogen-bond acceptors (Lipinski definition) is 3. The van der Waals surface area contributed by atoms with Gasteiger partial charge < -0.3 is 10.6 Å². The summed E-state index contributed by atoms with van der Waals surface area (Å²) in [6, 6.07) is 9.45. The summed E-state index contributed by atoms with van der Waals surface area (Å²) in [5.41, 5.74) is 7.49. The Hall–Kier alpha value is -0.810. The van der Waals surface area contributed by atoms with Crippen molar-refractivity contribution in [3.8, 4) is 0 Å². The van der Waals surface area contributed by atoms with E-state index < -0.39 is 0 Å². The van der Waals surface area contributed by atoms with Crippen LogP contribution in [-0.4, -0.2) is 12.0 Å². The molecule has 0 radical (unpaired) electrons. The second-order valence-corrected chi connectivity index (χ2v) is 6.76. The van der Waals surface area contributed by atoms with E-state index in [9.17, 15) is 0 Å². The largest absolute Gasteiger partial charge is 0.389 e. The van der Waals surface area contributed by atoms with Gasteiger partial charge in [0.1, 0.15) is 4.99 Å². The van der Waals surface area contributed by atoms with Gasteiger partial charge in [0.05, 0.1) is 10.9 Å². The number of benzene rings is 1. The maximum Gasteiger partial charge on any atom is 0.106 e. The molecule has 2 rings (SSSR count). The van der Waals surface area contributed by atoms with Crippen molar-refractivity contribution in [1.29, 1.82) is 0 Å². The average molecular weight is 331 g/mol. The van der Waals surface area contributed by atoms with E-state index in [-0.39, 0.29) is 0 Å². The molecule has 0 aliphatic heterocycles. The van der Waals surface area contributed by atoms with Crippen molar-refractivity contribution in [3.05, 3.63) is 50.1 Å². The molecular formula is C13H12Cl2N2S2. The van der Waals surface area contributed by atoms with Crippen molar-refractivity contribution in [2.24, 2.45) is 5.73 Å². The summed E-state index contributed by atoms with van der Waals surface area (Å²) in [5, 5.41) is 0.624. The van der Waals surface area contributed by atoms with Crippen LogP contribution >= 0.6 is 46.8 Å². The predicted octanol–water partition coefficient (Wildman–Crippen LogP) is 4.33. The Morgan fingerprint density at radius 1 is 1.32 bits per heavy atom. The fourth-order valence-corrected chi connectivity index (χ4v) is 3.27. The van der Waals surface area contributed by atoms with Crippen LogP contribution in [0.4, 0.5) is 5.69 Å². The third-order valence-corrected chi connectivity index (χ3v) is 4.33. The lowest BCUT2D eigenvalue weighted by Gasteiger charge is -2.21. The summed E-state index contributed by atoms with van der Waals surface area (Å²) in [5.74, 6) is 0. The Morgan fingerprint density at radius 2 is 2.05 bits per heavy atom. The van der Waals surface area contributed by atoms with Gasteiger partial charge in [0.15, 0.2) is 0 Å². The number of thiocarbonyl (C=S) groups is 1. The van der Waals surface area contributed by atoms with Crippen molar-refractivity contribution >= 4 is 57.4 Å². The zero-order chi connectivity index (χ0) is 14.0. The van der Waals surface area contributed by atoms with E-state index in [0.717, 1.165) is 22.1 Å². The monoisotopic (exact) mass is 330 g/mol. The zero-order valence-corrected chi connectivity index (χ0v) is 13.3. The van der Waals surface area contributed by atoms with Crippen molar-refractivity contribution in [3.63, 3.8) is 0 Å². The molecule has 1 aromatic heterocycles. The number of anilines is 1. The number of hydrogen-bond donors (Lipinski definition) is 1. The van der Waals surface area contributed by atoms with E-state index >= 15 is 0 Å². The van der Waals surface area contributed by atoms with Crippen LogP contribution in [0.15, 0.2) is 30.3 Å². The van der Waals surface area contributed by atoms with Gasteiger partial charge in [-0.15, -0.1) is 11.3 Å². The summed E-state index contributed by atoms with van der Waals surface area (Å²) in [6.45, 7) is 0.745. The number of rotatable bonds is 4. The molecule has 100 valence electrons. The molecule has 0 bridgehead atoms. The predicted molar refractivity (Wildman–Crippen MR) is 88.8 cm³/mol. The highest BCUT2D eigenvalue weighted by atomic mass is 35.5.